The molecule has 29 heavy (non-hydrogen) atoms. The molecule has 0 radical (unpaired) electrons. The first-order valence-electron chi connectivity index (χ1n) is 11.6. The summed E-state index contributed by atoms with van der Waals surface area (Å²) in [6, 6.07) is 0.653. The average Bonchev–Trinajstić information content (AvgIpc) is 2.74. The molecule has 6 nitrogen and oxygen atoms in total. The second kappa shape index (κ2) is 13.3. The number of guanidine groups is 1. The van der Waals surface area contributed by atoms with Gasteiger partial charge in [-0.25, -0.2) is 0 Å². The lowest BCUT2D eigenvalue weighted by molar-refractivity contribution is -0.0721. The van der Waals surface area contributed by atoms with Crippen LogP contribution in [0.15, 0.2) is 4.99 Å². The van der Waals surface area contributed by atoms with Crippen molar-refractivity contribution in [3.63, 3.8) is 0 Å². The second-order valence-corrected chi connectivity index (χ2v) is 9.03. The summed E-state index contributed by atoms with van der Waals surface area (Å²) in [7, 11) is 1.91. The third-order valence-corrected chi connectivity index (χ3v) is 6.57. The van der Waals surface area contributed by atoms with Gasteiger partial charge >= 0.3 is 0 Å². The van der Waals surface area contributed by atoms with Gasteiger partial charge in [-0.05, 0) is 71.3 Å². The van der Waals surface area contributed by atoms with Gasteiger partial charge in [-0.3, -0.25) is 4.99 Å². The molecule has 0 saturated carbocycles. The summed E-state index contributed by atoms with van der Waals surface area (Å²) < 4.78 is 11.9. The highest BCUT2D eigenvalue weighted by atomic mass is 127. The molecular weight excluding hydrogens is 479 g/mol. The molecule has 3 heterocycles. The first-order chi connectivity index (χ1) is 13.7. The van der Waals surface area contributed by atoms with E-state index in [2.05, 4.69) is 34.0 Å². The number of ether oxygens (including phenoxy) is 2. The van der Waals surface area contributed by atoms with E-state index in [0.717, 1.165) is 64.0 Å². The summed E-state index contributed by atoms with van der Waals surface area (Å²) in [5.74, 6) is 1.79. The number of hydrogen-bond donors (Lipinski definition) is 1. The number of nitrogens with zero attached hydrogens (tertiary/aromatic N) is 3. The molecule has 170 valence electrons. The minimum absolute atomic E-state index is 0. The molecule has 3 aliphatic heterocycles. The van der Waals surface area contributed by atoms with Crippen LogP contribution in [-0.4, -0.2) is 87.0 Å². The highest BCUT2D eigenvalue weighted by Gasteiger charge is 2.25. The Hall–Kier alpha value is -0.120. The van der Waals surface area contributed by atoms with Gasteiger partial charge in [0.15, 0.2) is 5.96 Å². The summed E-state index contributed by atoms with van der Waals surface area (Å²) in [6.45, 7) is 11.8. The fourth-order valence-corrected chi connectivity index (χ4v) is 4.72. The molecule has 2 atom stereocenters. The van der Waals surface area contributed by atoms with Crippen LogP contribution >= 0.6 is 24.0 Å². The van der Waals surface area contributed by atoms with Crippen LogP contribution in [0.4, 0.5) is 0 Å². The molecular formula is C22H43IN4O2. The van der Waals surface area contributed by atoms with Crippen LogP contribution in [0.1, 0.15) is 58.8 Å². The van der Waals surface area contributed by atoms with Crippen LogP contribution in [0.2, 0.25) is 0 Å². The van der Waals surface area contributed by atoms with Gasteiger partial charge in [-0.2, -0.15) is 0 Å². The maximum atomic E-state index is 6.16. The number of aliphatic imine (C=N–C) groups is 1. The molecule has 0 aromatic heterocycles. The van der Waals surface area contributed by atoms with Crippen molar-refractivity contribution >= 4 is 29.9 Å². The molecule has 3 saturated heterocycles. The smallest absolute Gasteiger partial charge is 0.193 e. The van der Waals surface area contributed by atoms with Crippen LogP contribution in [0, 0.1) is 5.92 Å². The quantitative estimate of drug-likeness (QED) is 0.330. The van der Waals surface area contributed by atoms with E-state index < -0.39 is 0 Å². The van der Waals surface area contributed by atoms with Crippen molar-refractivity contribution < 1.29 is 9.47 Å². The Bertz CT molecular complexity index is 477. The van der Waals surface area contributed by atoms with E-state index in [4.69, 9.17) is 9.47 Å². The summed E-state index contributed by atoms with van der Waals surface area (Å²) in [5.41, 5.74) is 0. The monoisotopic (exact) mass is 522 g/mol. The van der Waals surface area contributed by atoms with Gasteiger partial charge < -0.3 is 24.6 Å². The molecule has 1 N–H and O–H groups in total. The maximum Gasteiger partial charge on any atom is 0.193 e. The fraction of sp³-hybridized carbons (Fsp3) is 0.955. The molecule has 3 rings (SSSR count). The number of nitrogens with one attached hydrogen (secondary N) is 1. The largest absolute Gasteiger partial charge is 0.376 e. The molecule has 7 heteroatoms. The second-order valence-electron chi connectivity index (χ2n) is 9.03. The third kappa shape index (κ3) is 8.15. The minimum Gasteiger partial charge on any atom is -0.376 e. The highest BCUT2D eigenvalue weighted by Crippen LogP contribution is 2.19. The van der Waals surface area contributed by atoms with Crippen molar-refractivity contribution in [2.45, 2.75) is 77.0 Å². The van der Waals surface area contributed by atoms with E-state index in [9.17, 15) is 0 Å². The van der Waals surface area contributed by atoms with Crippen molar-refractivity contribution in [3.05, 3.63) is 0 Å². The molecule has 3 aliphatic rings. The third-order valence-electron chi connectivity index (χ3n) is 6.57. The van der Waals surface area contributed by atoms with Crippen LogP contribution in [0.3, 0.4) is 0 Å². The van der Waals surface area contributed by atoms with E-state index in [0.29, 0.717) is 18.2 Å². The van der Waals surface area contributed by atoms with E-state index >= 15 is 0 Å². The van der Waals surface area contributed by atoms with E-state index in [-0.39, 0.29) is 24.0 Å². The highest BCUT2D eigenvalue weighted by molar-refractivity contribution is 14.0. The van der Waals surface area contributed by atoms with E-state index in [1.807, 2.05) is 7.05 Å². The average molecular weight is 523 g/mol. The first-order valence-corrected chi connectivity index (χ1v) is 11.6. The molecule has 0 aromatic carbocycles. The Kier molecular flexibility index (Phi) is 11.6. The van der Waals surface area contributed by atoms with Gasteiger partial charge in [-0.1, -0.05) is 0 Å². The van der Waals surface area contributed by atoms with Gasteiger partial charge in [0.25, 0.3) is 0 Å². The Morgan fingerprint density at radius 3 is 2.55 bits per heavy atom. The number of likely N-dealkylation sites (tertiary alicyclic amines) is 2. The van der Waals surface area contributed by atoms with E-state index in [1.54, 1.807) is 0 Å². The lowest BCUT2D eigenvalue weighted by Crippen LogP contribution is -2.50. The van der Waals surface area contributed by atoms with Crippen molar-refractivity contribution in [1.82, 2.24) is 15.1 Å². The summed E-state index contributed by atoms with van der Waals surface area (Å²) in [4.78, 5) is 9.56. The van der Waals surface area contributed by atoms with Gasteiger partial charge in [0.1, 0.15) is 0 Å². The Morgan fingerprint density at radius 2 is 1.90 bits per heavy atom. The summed E-state index contributed by atoms with van der Waals surface area (Å²) >= 11 is 0. The lowest BCUT2D eigenvalue weighted by atomic mass is 9.97. The van der Waals surface area contributed by atoms with Gasteiger partial charge in [-0.15, -0.1) is 24.0 Å². The van der Waals surface area contributed by atoms with Gasteiger partial charge in [0.05, 0.1) is 18.8 Å². The van der Waals surface area contributed by atoms with Gasteiger partial charge in [0.2, 0.25) is 0 Å². The van der Waals surface area contributed by atoms with E-state index in [1.165, 1.54) is 38.8 Å². The zero-order chi connectivity index (χ0) is 19.8. The molecule has 2 unspecified atom stereocenters. The van der Waals surface area contributed by atoms with Crippen LogP contribution in [0.25, 0.3) is 0 Å². The lowest BCUT2D eigenvalue weighted by Gasteiger charge is -2.37. The number of halogens is 1. The molecule has 0 amide bonds. The first kappa shape index (κ1) is 25.1. The summed E-state index contributed by atoms with van der Waals surface area (Å²) in [5, 5.41) is 3.66. The Morgan fingerprint density at radius 1 is 1.10 bits per heavy atom. The molecule has 0 aliphatic carbocycles. The topological polar surface area (TPSA) is 49.3 Å². The number of piperidine rings is 2. The Balaban J connectivity index is 0.00000300. The number of rotatable bonds is 6. The van der Waals surface area contributed by atoms with Crippen molar-refractivity contribution in [2.75, 3.05) is 53.0 Å². The van der Waals surface area contributed by atoms with Crippen LogP contribution < -0.4 is 5.32 Å². The standard InChI is InChI=1S/C22H42N4O2.HI/c1-18(2)26-11-6-7-19(16-26)15-24-22(23-3)25-12-9-20(10-13-25)28-17-21-8-4-5-14-27-21;/h18-21H,4-17H2,1-3H3,(H,23,24);1H. The zero-order valence-corrected chi connectivity index (χ0v) is 21.1. The fourth-order valence-electron chi connectivity index (χ4n) is 4.72. The van der Waals surface area contributed by atoms with Crippen molar-refractivity contribution in [3.8, 4) is 0 Å². The van der Waals surface area contributed by atoms with Gasteiger partial charge in [0, 0.05) is 45.9 Å². The van der Waals surface area contributed by atoms with Crippen LogP contribution in [0.5, 0.6) is 0 Å². The predicted molar refractivity (Wildman–Crippen MR) is 130 cm³/mol. The molecule has 0 bridgehead atoms. The minimum atomic E-state index is 0. The SMILES string of the molecule is CN=C(NCC1CCCN(C(C)C)C1)N1CCC(OCC2CCCCO2)CC1.I. The Labute approximate surface area is 195 Å². The van der Waals surface area contributed by atoms with Crippen molar-refractivity contribution in [2.24, 2.45) is 10.9 Å². The van der Waals surface area contributed by atoms with Crippen molar-refractivity contribution in [1.29, 1.82) is 0 Å². The van der Waals surface area contributed by atoms with Crippen LogP contribution in [-0.2, 0) is 9.47 Å². The molecule has 0 aromatic rings. The predicted octanol–water partition coefficient (Wildman–Crippen LogP) is 3.35. The zero-order valence-electron chi connectivity index (χ0n) is 18.8. The maximum absolute atomic E-state index is 6.16. The number of hydrogen-bond acceptors (Lipinski definition) is 4. The molecule has 0 spiro atoms. The summed E-state index contributed by atoms with van der Waals surface area (Å²) in [6.07, 6.45) is 9.14. The normalized spacial score (nSPS) is 27.7. The molecule has 3 fully saturated rings.